The number of hydrogen-bond acceptors (Lipinski definition) is 1. The molecule has 5 nitrogen and oxygen atoms in total. The molecule has 0 atom stereocenters. The number of rotatable bonds is 6. The third-order valence-electron chi connectivity index (χ3n) is 17.1. The summed E-state index contributed by atoms with van der Waals surface area (Å²) in [4.78, 5) is 2.58. The fourth-order valence-electron chi connectivity index (χ4n) is 13.5. The van der Waals surface area contributed by atoms with Crippen molar-refractivity contribution in [2.75, 3.05) is 4.90 Å². The van der Waals surface area contributed by atoms with E-state index in [0.29, 0.717) is 0 Å². The first kappa shape index (κ1) is 44.3. The molecule has 0 saturated carbocycles. The van der Waals surface area contributed by atoms with Crippen LogP contribution in [0.2, 0.25) is 11.5 Å². The number of hydrogen-bond donors (Lipinski definition) is 0. The maximum absolute atomic E-state index is 2.58. The molecule has 11 aromatic carbocycles. The molecule has 1 aliphatic rings. The van der Waals surface area contributed by atoms with Gasteiger partial charge in [-0.1, -0.05) is 97.1 Å². The Morgan fingerprint density at radius 2 is 0.597 bits per heavy atom. The maximum atomic E-state index is 2.58. The Hall–Kier alpha value is -9.04. The van der Waals surface area contributed by atoms with E-state index in [1.165, 1.54) is 114 Å². The van der Waals surface area contributed by atoms with Crippen molar-refractivity contribution in [2.24, 2.45) is 0 Å². The summed E-state index contributed by atoms with van der Waals surface area (Å²) in [5, 5.41) is 9.92. The van der Waals surface area contributed by atoms with Crippen molar-refractivity contribution in [2.45, 2.75) is 30.8 Å². The van der Waals surface area contributed by atoms with Crippen molar-refractivity contribution in [1.29, 1.82) is 0 Å². The molecular weight excluding hydrogens is 995 g/mol. The summed E-state index contributed by atoms with van der Waals surface area (Å²) in [6, 6.07) is 91.0. The Morgan fingerprint density at radius 3 is 0.948 bits per heavy atom. The number of aromatic nitrogens is 4. The molecule has 366 valence electrons. The van der Waals surface area contributed by atoms with Crippen LogP contribution in [0.15, 0.2) is 243 Å². The van der Waals surface area contributed by atoms with Gasteiger partial charge in [0.15, 0.2) is 0 Å². The first-order chi connectivity index (χ1) is 37.8. The van der Waals surface area contributed by atoms with Gasteiger partial charge in [-0.2, -0.15) is 0 Å². The van der Waals surface area contributed by atoms with Crippen molar-refractivity contribution < 1.29 is 0 Å². The molecule has 0 bridgehead atoms. The molecule has 0 N–H and O–H groups in total. The molecular formula is C71H53GeN5. The van der Waals surface area contributed by atoms with Gasteiger partial charge >= 0.3 is 287 Å². The van der Waals surface area contributed by atoms with E-state index in [-0.39, 0.29) is 5.41 Å². The Balaban J connectivity index is 0.988. The Labute approximate surface area is 450 Å². The quantitative estimate of drug-likeness (QED) is 0.152. The molecule has 4 aromatic heterocycles. The monoisotopic (exact) mass is 1050 g/mol. The summed E-state index contributed by atoms with van der Waals surface area (Å²) in [5.41, 5.74) is 19.9. The normalized spacial score (nSPS) is 13.4. The molecule has 0 unspecified atom stereocenters. The standard InChI is InChI=1S/C71H53GeN5/c1-71(2)59-41-35-49(76-63-29-17-13-25-53(63)57-39-37-55-51-23-11-15-27-61(51)74(67(55)69(57)76)46-19-7-5-8-20-46)43-65(59)73(48-33-31-45(32-34-48)72(3)4)66-44-50(36-42-60(66)71)77-64-30-18-14-26-54(64)58-40-38-56-52-24-12-16-28-62(52)75(68(56)70(58)77)47-21-9-6-10-22-47/h5-44,72H,1-4H3. The molecule has 16 rings (SSSR count). The van der Waals surface area contributed by atoms with Crippen LogP contribution in [0.5, 0.6) is 0 Å². The minimum atomic E-state index is -1.59. The van der Waals surface area contributed by atoms with Gasteiger partial charge in [0.1, 0.15) is 0 Å². The average Bonchev–Trinajstić information content (AvgIpc) is 4.36. The van der Waals surface area contributed by atoms with Gasteiger partial charge in [-0.05, 0) is 36.4 Å². The molecule has 0 saturated heterocycles. The van der Waals surface area contributed by atoms with Gasteiger partial charge in [0.25, 0.3) is 0 Å². The summed E-state index contributed by atoms with van der Waals surface area (Å²) in [6.07, 6.45) is 0. The van der Waals surface area contributed by atoms with E-state index in [1.807, 2.05) is 0 Å². The van der Waals surface area contributed by atoms with Crippen molar-refractivity contribution in [3.63, 3.8) is 0 Å². The zero-order valence-corrected chi connectivity index (χ0v) is 45.8. The SMILES string of the molecule is [CH3][GeH]([CH3])[c]1ccc(N2c3cc(-n4c5ccccc5c5ccc6c7ccccc7n(-c7ccccc7)c6c54)ccc3C(C)(C)c3ccc(-n4c5ccccc5c5ccc6c7ccccc7n(-c7ccccc7)c6c54)cc32)cc1. The van der Waals surface area contributed by atoms with E-state index >= 15 is 0 Å². The molecule has 0 radical (unpaired) electrons. The first-order valence-corrected chi connectivity index (χ1v) is 33.1. The summed E-state index contributed by atoms with van der Waals surface area (Å²) >= 11 is -1.59. The summed E-state index contributed by atoms with van der Waals surface area (Å²) in [7, 11) is 0. The zero-order chi connectivity index (χ0) is 51.3. The molecule has 1 aliphatic heterocycles. The summed E-state index contributed by atoms with van der Waals surface area (Å²) in [6.45, 7) is 4.84. The van der Waals surface area contributed by atoms with Gasteiger partial charge < -0.3 is 0 Å². The van der Waals surface area contributed by atoms with Gasteiger partial charge in [0.05, 0.1) is 11.0 Å². The van der Waals surface area contributed by atoms with Gasteiger partial charge in [-0.3, -0.25) is 0 Å². The molecule has 6 heteroatoms. The van der Waals surface area contributed by atoms with Gasteiger partial charge in [0.2, 0.25) is 0 Å². The van der Waals surface area contributed by atoms with Crippen LogP contribution in [0.3, 0.4) is 0 Å². The third-order valence-corrected chi connectivity index (χ3v) is 20.7. The van der Waals surface area contributed by atoms with Gasteiger partial charge in [0, 0.05) is 22.1 Å². The van der Waals surface area contributed by atoms with E-state index in [4.69, 9.17) is 0 Å². The molecule has 15 aromatic rings. The molecule has 0 fully saturated rings. The third kappa shape index (κ3) is 6.23. The van der Waals surface area contributed by atoms with Crippen molar-refractivity contribution >= 4 is 123 Å². The van der Waals surface area contributed by atoms with Gasteiger partial charge in [-0.15, -0.1) is 0 Å². The Morgan fingerprint density at radius 1 is 0.286 bits per heavy atom. The molecule has 77 heavy (non-hydrogen) atoms. The van der Waals surface area contributed by atoms with Crippen LogP contribution in [0.4, 0.5) is 17.1 Å². The first-order valence-electron chi connectivity index (χ1n) is 27.0. The Bertz CT molecular complexity index is 4630. The fraction of sp³-hybridized carbons (Fsp3) is 0.0704. The Kier molecular flexibility index (Phi) is 9.48. The fourth-order valence-corrected chi connectivity index (χ4v) is 15.6. The number of fused-ring (bicyclic) bond motifs is 16. The van der Waals surface area contributed by atoms with E-state index in [0.717, 1.165) is 28.4 Å². The van der Waals surface area contributed by atoms with Crippen molar-refractivity contribution in [1.82, 2.24) is 18.3 Å². The van der Waals surface area contributed by atoms with Crippen LogP contribution in [0.25, 0.3) is 110 Å². The van der Waals surface area contributed by atoms with E-state index in [9.17, 15) is 0 Å². The predicted molar refractivity (Wildman–Crippen MR) is 329 cm³/mol. The number of anilines is 3. The van der Waals surface area contributed by atoms with E-state index < -0.39 is 14.3 Å². The van der Waals surface area contributed by atoms with Gasteiger partial charge in [-0.25, -0.2) is 0 Å². The molecule has 0 aliphatic carbocycles. The molecule has 0 spiro atoms. The average molecular weight is 1050 g/mol. The van der Waals surface area contributed by atoms with Crippen LogP contribution < -0.4 is 9.30 Å². The molecule has 5 heterocycles. The van der Waals surface area contributed by atoms with Crippen molar-refractivity contribution in [3.05, 3.63) is 254 Å². The van der Waals surface area contributed by atoms with Crippen LogP contribution in [-0.2, 0) is 5.41 Å². The van der Waals surface area contributed by atoms with Crippen LogP contribution >= 0.6 is 0 Å². The van der Waals surface area contributed by atoms with E-state index in [1.54, 1.807) is 0 Å². The minimum absolute atomic E-state index is 0.340. The zero-order valence-electron chi connectivity index (χ0n) is 43.4. The predicted octanol–water partition coefficient (Wildman–Crippen LogP) is 17.9. The van der Waals surface area contributed by atoms with Crippen molar-refractivity contribution in [3.8, 4) is 22.7 Å². The summed E-state index contributed by atoms with van der Waals surface area (Å²) < 4.78 is 11.6. The number of nitrogens with zero attached hydrogens (tertiary/aromatic N) is 5. The summed E-state index contributed by atoms with van der Waals surface area (Å²) in [5.74, 6) is 4.93. The topological polar surface area (TPSA) is 23.0 Å². The van der Waals surface area contributed by atoms with Crippen LogP contribution in [0, 0.1) is 0 Å². The molecule has 0 amide bonds. The second-order valence-corrected chi connectivity index (χ2v) is 28.2. The second kappa shape index (κ2) is 16.5. The second-order valence-electron chi connectivity index (χ2n) is 21.9. The van der Waals surface area contributed by atoms with E-state index in [2.05, 4.69) is 291 Å². The van der Waals surface area contributed by atoms with Crippen LogP contribution in [0.1, 0.15) is 25.0 Å². The number of para-hydroxylation sites is 6. The number of benzene rings is 11. The van der Waals surface area contributed by atoms with Crippen LogP contribution in [-0.4, -0.2) is 32.6 Å².